The maximum Gasteiger partial charge on any atom is 0.246 e. The van der Waals surface area contributed by atoms with Crippen LogP contribution in [-0.2, 0) is 0 Å². The van der Waals surface area contributed by atoms with Crippen molar-refractivity contribution >= 4 is 6.29 Å². The second-order valence-electron chi connectivity index (χ2n) is 4.70. The van der Waals surface area contributed by atoms with Crippen LogP contribution in [0.3, 0.4) is 0 Å². The molecule has 5 nitrogen and oxygen atoms in total. The number of hydrogen-bond acceptors (Lipinski definition) is 5. The molecule has 0 fully saturated rings. The van der Waals surface area contributed by atoms with Crippen molar-refractivity contribution in [2.24, 2.45) is 0 Å². The molecule has 1 heterocycles. The molecule has 0 N–H and O–H groups in total. The van der Waals surface area contributed by atoms with Crippen molar-refractivity contribution < 1.29 is 14.3 Å². The quantitative estimate of drug-likeness (QED) is 0.672. The first-order valence-electron chi connectivity index (χ1n) is 6.99. The van der Waals surface area contributed by atoms with Gasteiger partial charge in [0, 0.05) is 23.5 Å². The summed E-state index contributed by atoms with van der Waals surface area (Å²) in [6, 6.07) is 14.3. The maximum atomic E-state index is 10.7. The summed E-state index contributed by atoms with van der Waals surface area (Å²) in [5, 5.41) is 0. The molecule has 1 aromatic heterocycles. The van der Waals surface area contributed by atoms with Crippen LogP contribution in [0.1, 0.15) is 10.4 Å². The molecule has 0 spiro atoms. The van der Waals surface area contributed by atoms with Gasteiger partial charge < -0.3 is 9.47 Å². The average Bonchev–Trinajstić information content (AvgIpc) is 2.63. The van der Waals surface area contributed by atoms with Crippen LogP contribution in [0.5, 0.6) is 17.4 Å². The Morgan fingerprint density at radius 3 is 2.43 bits per heavy atom. The number of carbonyl (C=O) groups is 1. The summed E-state index contributed by atoms with van der Waals surface area (Å²) in [4.78, 5) is 19.3. The summed E-state index contributed by atoms with van der Waals surface area (Å²) in [7, 11) is 1.61. The molecular weight excluding hydrogens is 292 g/mol. The zero-order valence-corrected chi connectivity index (χ0v) is 12.5. The van der Waals surface area contributed by atoms with Gasteiger partial charge in [0.1, 0.15) is 23.5 Å². The SMILES string of the molecule is COc1ccccc1-c1nccnc1Oc1ccc(C=O)cc1. The zero-order chi connectivity index (χ0) is 16.1. The molecule has 114 valence electrons. The molecule has 0 saturated heterocycles. The molecule has 0 aliphatic rings. The molecule has 0 amide bonds. The van der Waals surface area contributed by atoms with E-state index in [0.717, 1.165) is 11.8 Å². The lowest BCUT2D eigenvalue weighted by Crippen LogP contribution is -1.96. The van der Waals surface area contributed by atoms with E-state index in [2.05, 4.69) is 9.97 Å². The third-order valence-corrected chi connectivity index (χ3v) is 3.26. The minimum atomic E-state index is 0.371. The van der Waals surface area contributed by atoms with Crippen molar-refractivity contribution in [2.75, 3.05) is 7.11 Å². The fourth-order valence-electron chi connectivity index (χ4n) is 2.15. The van der Waals surface area contributed by atoms with Gasteiger partial charge in [0.15, 0.2) is 0 Å². The van der Waals surface area contributed by atoms with Crippen molar-refractivity contribution in [2.45, 2.75) is 0 Å². The fraction of sp³-hybridized carbons (Fsp3) is 0.0556. The second kappa shape index (κ2) is 6.70. The van der Waals surface area contributed by atoms with E-state index in [9.17, 15) is 4.79 Å². The van der Waals surface area contributed by atoms with E-state index in [0.29, 0.717) is 28.6 Å². The zero-order valence-electron chi connectivity index (χ0n) is 12.5. The Hall–Kier alpha value is -3.21. The lowest BCUT2D eigenvalue weighted by molar-refractivity contribution is 0.112. The Labute approximate surface area is 133 Å². The van der Waals surface area contributed by atoms with Gasteiger partial charge in [0.25, 0.3) is 0 Å². The van der Waals surface area contributed by atoms with Crippen LogP contribution in [0.15, 0.2) is 60.9 Å². The van der Waals surface area contributed by atoms with Crippen molar-refractivity contribution in [3.05, 3.63) is 66.5 Å². The molecule has 0 saturated carbocycles. The highest BCUT2D eigenvalue weighted by Gasteiger charge is 2.14. The van der Waals surface area contributed by atoms with Gasteiger partial charge in [-0.3, -0.25) is 4.79 Å². The largest absolute Gasteiger partial charge is 0.496 e. The summed E-state index contributed by atoms with van der Waals surface area (Å²) in [5.41, 5.74) is 1.97. The first kappa shape index (κ1) is 14.7. The van der Waals surface area contributed by atoms with Gasteiger partial charge in [-0.1, -0.05) is 12.1 Å². The van der Waals surface area contributed by atoms with Crippen molar-refractivity contribution in [3.63, 3.8) is 0 Å². The van der Waals surface area contributed by atoms with Crippen LogP contribution in [0.2, 0.25) is 0 Å². The Morgan fingerprint density at radius 2 is 1.70 bits per heavy atom. The standard InChI is InChI=1S/C18H14N2O3/c1-22-16-5-3-2-4-15(16)17-18(20-11-10-19-17)23-14-8-6-13(12-21)7-9-14/h2-12H,1H3. The molecule has 0 aliphatic carbocycles. The van der Waals surface area contributed by atoms with E-state index in [1.54, 1.807) is 43.8 Å². The van der Waals surface area contributed by atoms with Crippen LogP contribution in [0.25, 0.3) is 11.3 Å². The number of aldehydes is 1. The normalized spacial score (nSPS) is 10.1. The Morgan fingerprint density at radius 1 is 0.957 bits per heavy atom. The lowest BCUT2D eigenvalue weighted by atomic mass is 10.1. The highest BCUT2D eigenvalue weighted by atomic mass is 16.5. The second-order valence-corrected chi connectivity index (χ2v) is 4.70. The van der Waals surface area contributed by atoms with E-state index < -0.39 is 0 Å². The van der Waals surface area contributed by atoms with Gasteiger partial charge in [0.05, 0.1) is 7.11 Å². The van der Waals surface area contributed by atoms with Crippen molar-refractivity contribution in [1.29, 1.82) is 0 Å². The van der Waals surface area contributed by atoms with Crippen LogP contribution in [-0.4, -0.2) is 23.4 Å². The number of ether oxygens (including phenoxy) is 2. The number of para-hydroxylation sites is 1. The molecule has 2 aromatic carbocycles. The van der Waals surface area contributed by atoms with Crippen LogP contribution < -0.4 is 9.47 Å². The Balaban J connectivity index is 1.98. The van der Waals surface area contributed by atoms with E-state index in [4.69, 9.17) is 9.47 Å². The third-order valence-electron chi connectivity index (χ3n) is 3.26. The van der Waals surface area contributed by atoms with E-state index in [1.807, 2.05) is 24.3 Å². The molecule has 0 unspecified atom stereocenters. The molecule has 5 heteroatoms. The Kier molecular flexibility index (Phi) is 4.29. The van der Waals surface area contributed by atoms with Gasteiger partial charge in [-0.05, 0) is 36.4 Å². The first-order chi connectivity index (χ1) is 11.3. The van der Waals surface area contributed by atoms with E-state index >= 15 is 0 Å². The Bertz CT molecular complexity index is 817. The molecule has 0 atom stereocenters. The molecular formula is C18H14N2O3. The van der Waals surface area contributed by atoms with Gasteiger partial charge in [-0.2, -0.15) is 0 Å². The summed E-state index contributed by atoms with van der Waals surface area (Å²) >= 11 is 0. The third kappa shape index (κ3) is 3.18. The van der Waals surface area contributed by atoms with Crippen molar-refractivity contribution in [1.82, 2.24) is 9.97 Å². The fourth-order valence-corrected chi connectivity index (χ4v) is 2.15. The predicted octanol–water partition coefficient (Wildman–Crippen LogP) is 3.76. The highest BCUT2D eigenvalue weighted by molar-refractivity contribution is 5.75. The predicted molar refractivity (Wildman–Crippen MR) is 85.9 cm³/mol. The molecule has 0 bridgehead atoms. The number of hydrogen-bond donors (Lipinski definition) is 0. The molecule has 23 heavy (non-hydrogen) atoms. The van der Waals surface area contributed by atoms with Gasteiger partial charge in [-0.15, -0.1) is 0 Å². The molecule has 0 radical (unpaired) electrons. The smallest absolute Gasteiger partial charge is 0.246 e. The van der Waals surface area contributed by atoms with Crippen molar-refractivity contribution in [3.8, 4) is 28.6 Å². The topological polar surface area (TPSA) is 61.3 Å². The number of nitrogens with zero attached hydrogens (tertiary/aromatic N) is 2. The lowest BCUT2D eigenvalue weighted by Gasteiger charge is -2.11. The highest BCUT2D eigenvalue weighted by Crippen LogP contribution is 2.34. The van der Waals surface area contributed by atoms with Crippen LogP contribution >= 0.6 is 0 Å². The van der Waals surface area contributed by atoms with E-state index in [1.165, 1.54) is 0 Å². The average molecular weight is 306 g/mol. The minimum absolute atomic E-state index is 0.371. The summed E-state index contributed by atoms with van der Waals surface area (Å²) in [5.74, 6) is 1.64. The minimum Gasteiger partial charge on any atom is -0.496 e. The molecule has 3 aromatic rings. The van der Waals surface area contributed by atoms with Gasteiger partial charge in [0.2, 0.25) is 5.88 Å². The van der Waals surface area contributed by atoms with Crippen LogP contribution in [0.4, 0.5) is 0 Å². The summed E-state index contributed by atoms with van der Waals surface area (Å²) in [6.07, 6.45) is 3.95. The number of carbonyl (C=O) groups excluding carboxylic acids is 1. The summed E-state index contributed by atoms with van der Waals surface area (Å²) < 4.78 is 11.2. The van der Waals surface area contributed by atoms with Gasteiger partial charge >= 0.3 is 0 Å². The number of rotatable bonds is 5. The molecule has 0 aliphatic heterocycles. The molecule has 3 rings (SSSR count). The number of benzene rings is 2. The van der Waals surface area contributed by atoms with E-state index in [-0.39, 0.29) is 0 Å². The summed E-state index contributed by atoms with van der Waals surface area (Å²) in [6.45, 7) is 0. The van der Waals surface area contributed by atoms with Crippen LogP contribution in [0, 0.1) is 0 Å². The first-order valence-corrected chi connectivity index (χ1v) is 6.99. The monoisotopic (exact) mass is 306 g/mol. The van der Waals surface area contributed by atoms with Gasteiger partial charge in [-0.25, -0.2) is 9.97 Å². The number of aromatic nitrogens is 2. The maximum absolute atomic E-state index is 10.7. The number of methoxy groups -OCH3 is 1.